The van der Waals surface area contributed by atoms with E-state index in [0.717, 1.165) is 11.6 Å². The molecule has 0 aliphatic rings. The number of rotatable bonds is 4. The topological polar surface area (TPSA) is 12.0 Å². The van der Waals surface area contributed by atoms with Crippen LogP contribution in [0.1, 0.15) is 50.4 Å². The summed E-state index contributed by atoms with van der Waals surface area (Å²) in [5.41, 5.74) is 4.07. The van der Waals surface area contributed by atoms with Gasteiger partial charge in [0.1, 0.15) is 0 Å². The molecule has 1 atom stereocenters. The van der Waals surface area contributed by atoms with Gasteiger partial charge < -0.3 is 5.32 Å². The Morgan fingerprint density at radius 1 is 0.905 bits per heavy atom. The normalized spacial score (nSPS) is 13.2. The highest BCUT2D eigenvalue weighted by Gasteiger charge is 2.16. The van der Waals surface area contributed by atoms with Crippen molar-refractivity contribution < 1.29 is 0 Å². The molecule has 0 heterocycles. The Kier molecular flexibility index (Phi) is 5.08. The van der Waals surface area contributed by atoms with Gasteiger partial charge in [-0.25, -0.2) is 0 Å². The lowest BCUT2D eigenvalue weighted by Gasteiger charge is -2.22. The van der Waals surface area contributed by atoms with Crippen molar-refractivity contribution in [2.75, 3.05) is 6.54 Å². The van der Waals surface area contributed by atoms with Crippen molar-refractivity contribution in [2.24, 2.45) is 0 Å². The average Bonchev–Trinajstić information content (AvgIpc) is 2.45. The quantitative estimate of drug-likeness (QED) is 0.804. The van der Waals surface area contributed by atoms with Gasteiger partial charge in [0.15, 0.2) is 0 Å². The molecule has 0 aliphatic carbocycles. The first-order valence-electron chi connectivity index (χ1n) is 7.51. The summed E-state index contributed by atoms with van der Waals surface area (Å²) < 4.78 is 0. The van der Waals surface area contributed by atoms with Crippen molar-refractivity contribution in [2.45, 2.75) is 39.2 Å². The van der Waals surface area contributed by atoms with Crippen LogP contribution in [-0.2, 0) is 5.41 Å². The Balaban J connectivity index is 2.32. The Labute approximate surface area is 133 Å². The van der Waals surface area contributed by atoms with Crippen molar-refractivity contribution in [3.05, 3.63) is 70.2 Å². The average molecular weight is 302 g/mol. The van der Waals surface area contributed by atoms with Crippen molar-refractivity contribution in [3.63, 3.8) is 0 Å². The monoisotopic (exact) mass is 301 g/mol. The molecule has 0 spiro atoms. The van der Waals surface area contributed by atoms with Crippen molar-refractivity contribution >= 4 is 11.6 Å². The fraction of sp³-hybridized carbons (Fsp3) is 0.368. The molecule has 0 fully saturated rings. The molecule has 0 bridgehead atoms. The van der Waals surface area contributed by atoms with Gasteiger partial charge in [-0.3, -0.25) is 0 Å². The molecule has 1 N–H and O–H groups in total. The summed E-state index contributed by atoms with van der Waals surface area (Å²) in [7, 11) is 0. The maximum absolute atomic E-state index is 5.99. The zero-order valence-corrected chi connectivity index (χ0v) is 14.0. The highest BCUT2D eigenvalue weighted by molar-refractivity contribution is 6.30. The largest absolute Gasteiger partial charge is 0.307 e. The molecular formula is C19H24ClN. The van der Waals surface area contributed by atoms with Gasteiger partial charge in [0.05, 0.1) is 6.04 Å². The van der Waals surface area contributed by atoms with E-state index in [1.807, 2.05) is 12.1 Å². The molecule has 0 amide bonds. The number of hydrogen-bond donors (Lipinski definition) is 1. The van der Waals surface area contributed by atoms with Crippen LogP contribution < -0.4 is 5.32 Å². The smallest absolute Gasteiger partial charge is 0.0576 e. The summed E-state index contributed by atoms with van der Waals surface area (Å²) in [6.45, 7) is 9.77. The van der Waals surface area contributed by atoms with Gasteiger partial charge in [-0.15, -0.1) is 0 Å². The molecular weight excluding hydrogens is 278 g/mol. The minimum Gasteiger partial charge on any atom is -0.307 e. The third kappa shape index (κ3) is 4.09. The first-order valence-corrected chi connectivity index (χ1v) is 7.89. The van der Waals surface area contributed by atoms with E-state index in [1.165, 1.54) is 16.7 Å². The molecule has 2 heteroatoms. The molecule has 0 radical (unpaired) electrons. The number of benzene rings is 2. The molecule has 0 saturated carbocycles. The molecule has 1 nitrogen and oxygen atoms in total. The summed E-state index contributed by atoms with van der Waals surface area (Å²) in [6, 6.07) is 17.2. The maximum atomic E-state index is 5.99. The highest BCUT2D eigenvalue weighted by atomic mass is 35.5. The van der Waals surface area contributed by atoms with Crippen LogP contribution >= 0.6 is 11.6 Å². The molecule has 2 aromatic carbocycles. The third-order valence-electron chi connectivity index (χ3n) is 3.72. The third-order valence-corrected chi connectivity index (χ3v) is 3.97. The lowest BCUT2D eigenvalue weighted by molar-refractivity contribution is 0.587. The molecule has 2 rings (SSSR count). The minimum absolute atomic E-state index is 0.187. The molecule has 1 unspecified atom stereocenters. The van der Waals surface area contributed by atoms with E-state index in [0.29, 0.717) is 0 Å². The summed E-state index contributed by atoms with van der Waals surface area (Å²) in [5.74, 6) is 0. The minimum atomic E-state index is 0.187. The zero-order chi connectivity index (χ0) is 15.5. The molecule has 0 aromatic heterocycles. The summed E-state index contributed by atoms with van der Waals surface area (Å²) in [6.07, 6.45) is 0. The Morgan fingerprint density at radius 2 is 1.38 bits per heavy atom. The standard InChI is InChI=1S/C19H24ClN/c1-5-21-18(15-8-12-17(20)13-9-15)14-6-10-16(11-7-14)19(2,3)4/h6-13,18,21H,5H2,1-4H3. The van der Waals surface area contributed by atoms with Crippen molar-refractivity contribution in [3.8, 4) is 0 Å². The van der Waals surface area contributed by atoms with E-state index in [2.05, 4.69) is 69.4 Å². The van der Waals surface area contributed by atoms with Crippen LogP contribution in [0, 0.1) is 0 Å². The van der Waals surface area contributed by atoms with Crippen LogP contribution in [0.5, 0.6) is 0 Å². The van der Waals surface area contributed by atoms with Crippen LogP contribution in [-0.4, -0.2) is 6.54 Å². The Hall–Kier alpha value is -1.31. The van der Waals surface area contributed by atoms with E-state index in [1.54, 1.807) is 0 Å². The van der Waals surface area contributed by atoms with Crippen LogP contribution in [0.3, 0.4) is 0 Å². The number of hydrogen-bond acceptors (Lipinski definition) is 1. The van der Waals surface area contributed by atoms with Gasteiger partial charge in [0.25, 0.3) is 0 Å². The van der Waals surface area contributed by atoms with Crippen molar-refractivity contribution in [1.29, 1.82) is 0 Å². The predicted octanol–water partition coefficient (Wildman–Crippen LogP) is 5.34. The summed E-state index contributed by atoms with van der Waals surface area (Å²) >= 11 is 5.99. The van der Waals surface area contributed by atoms with Crippen LogP contribution in [0.25, 0.3) is 0 Å². The Morgan fingerprint density at radius 3 is 1.81 bits per heavy atom. The van der Waals surface area contributed by atoms with E-state index in [4.69, 9.17) is 11.6 Å². The molecule has 112 valence electrons. The lowest BCUT2D eigenvalue weighted by atomic mass is 9.86. The van der Waals surface area contributed by atoms with Crippen molar-refractivity contribution in [1.82, 2.24) is 5.32 Å². The van der Waals surface area contributed by atoms with E-state index >= 15 is 0 Å². The second kappa shape index (κ2) is 6.64. The van der Waals surface area contributed by atoms with E-state index in [-0.39, 0.29) is 11.5 Å². The van der Waals surface area contributed by atoms with Crippen LogP contribution in [0.15, 0.2) is 48.5 Å². The first kappa shape index (κ1) is 16.1. The molecule has 21 heavy (non-hydrogen) atoms. The van der Waals surface area contributed by atoms with E-state index < -0.39 is 0 Å². The maximum Gasteiger partial charge on any atom is 0.0576 e. The molecule has 0 aliphatic heterocycles. The Bertz CT molecular complexity index is 564. The molecule has 0 saturated heterocycles. The zero-order valence-electron chi connectivity index (χ0n) is 13.3. The second-order valence-electron chi connectivity index (χ2n) is 6.41. The number of nitrogens with one attached hydrogen (secondary N) is 1. The first-order chi connectivity index (χ1) is 9.91. The second-order valence-corrected chi connectivity index (χ2v) is 6.85. The molecule has 2 aromatic rings. The van der Waals surface area contributed by atoms with Gasteiger partial charge >= 0.3 is 0 Å². The van der Waals surface area contributed by atoms with Gasteiger partial charge in [0, 0.05) is 5.02 Å². The van der Waals surface area contributed by atoms with Gasteiger partial charge in [-0.05, 0) is 40.8 Å². The van der Waals surface area contributed by atoms with Gasteiger partial charge in [-0.2, -0.15) is 0 Å². The van der Waals surface area contributed by atoms with Gasteiger partial charge in [0.2, 0.25) is 0 Å². The summed E-state index contributed by atoms with van der Waals surface area (Å²) in [4.78, 5) is 0. The van der Waals surface area contributed by atoms with Crippen LogP contribution in [0.2, 0.25) is 5.02 Å². The number of halogens is 1. The fourth-order valence-corrected chi connectivity index (χ4v) is 2.59. The van der Waals surface area contributed by atoms with E-state index in [9.17, 15) is 0 Å². The SMILES string of the molecule is CCNC(c1ccc(Cl)cc1)c1ccc(C(C)(C)C)cc1. The van der Waals surface area contributed by atoms with Gasteiger partial charge in [-0.1, -0.05) is 75.7 Å². The fourth-order valence-electron chi connectivity index (χ4n) is 2.46. The van der Waals surface area contributed by atoms with Crippen LogP contribution in [0.4, 0.5) is 0 Å². The highest BCUT2D eigenvalue weighted by Crippen LogP contribution is 2.27. The predicted molar refractivity (Wildman–Crippen MR) is 92.1 cm³/mol. The summed E-state index contributed by atoms with van der Waals surface area (Å²) in [5, 5.41) is 4.32. The lowest BCUT2D eigenvalue weighted by Crippen LogP contribution is -2.22.